The van der Waals surface area contributed by atoms with Gasteiger partial charge in [0.25, 0.3) is 6.43 Å². The standard InChI is InChI=1S/C8H3BrF5NO3/c9-2-1-3(18-8(12,13)14)15-5(6(10)11)4(2)7(16)17/h1,6H,(H,16,17). The molecule has 18 heavy (non-hydrogen) atoms. The molecule has 1 aromatic heterocycles. The molecule has 1 aromatic rings. The summed E-state index contributed by atoms with van der Waals surface area (Å²) in [5, 5.41) is 8.65. The number of pyridine rings is 1. The Morgan fingerprint density at radius 2 is 2.00 bits per heavy atom. The number of nitrogens with zero attached hydrogens (tertiary/aromatic N) is 1. The fourth-order valence-corrected chi connectivity index (χ4v) is 1.62. The lowest BCUT2D eigenvalue weighted by molar-refractivity contribution is -0.276. The lowest BCUT2D eigenvalue weighted by Crippen LogP contribution is -2.19. The Hall–Kier alpha value is -1.45. The number of carboxylic acid groups (broad SMARTS) is 1. The van der Waals surface area contributed by atoms with E-state index in [1.54, 1.807) is 0 Å². The minimum absolute atomic E-state index is 0.487. The van der Waals surface area contributed by atoms with Crippen LogP contribution in [-0.4, -0.2) is 22.4 Å². The van der Waals surface area contributed by atoms with Crippen molar-refractivity contribution in [3.8, 4) is 5.88 Å². The van der Waals surface area contributed by atoms with Crippen molar-refractivity contribution in [2.75, 3.05) is 0 Å². The van der Waals surface area contributed by atoms with E-state index in [9.17, 15) is 26.7 Å². The monoisotopic (exact) mass is 335 g/mol. The van der Waals surface area contributed by atoms with Crippen LogP contribution < -0.4 is 4.74 Å². The molecule has 100 valence electrons. The van der Waals surface area contributed by atoms with Crippen molar-refractivity contribution in [2.24, 2.45) is 0 Å². The zero-order chi connectivity index (χ0) is 14.1. The van der Waals surface area contributed by atoms with Gasteiger partial charge in [-0.2, -0.15) is 0 Å². The highest BCUT2D eigenvalue weighted by molar-refractivity contribution is 9.10. The van der Waals surface area contributed by atoms with Crippen molar-refractivity contribution in [2.45, 2.75) is 12.8 Å². The third-order valence-electron chi connectivity index (χ3n) is 1.62. The Morgan fingerprint density at radius 3 is 2.39 bits per heavy atom. The number of carbonyl (C=O) groups is 1. The maximum Gasteiger partial charge on any atom is 0.574 e. The average molecular weight is 336 g/mol. The van der Waals surface area contributed by atoms with Crippen molar-refractivity contribution in [1.82, 2.24) is 4.98 Å². The molecular formula is C8H3BrF5NO3. The second-order valence-corrected chi connectivity index (χ2v) is 3.71. The van der Waals surface area contributed by atoms with Crippen molar-refractivity contribution >= 4 is 21.9 Å². The van der Waals surface area contributed by atoms with Gasteiger partial charge in [0.15, 0.2) is 0 Å². The minimum Gasteiger partial charge on any atom is -0.478 e. The first-order chi connectivity index (χ1) is 8.11. The predicted molar refractivity (Wildman–Crippen MR) is 50.5 cm³/mol. The fraction of sp³-hybridized carbons (Fsp3) is 0.250. The van der Waals surface area contributed by atoms with Crippen molar-refractivity contribution in [3.63, 3.8) is 0 Å². The molecule has 0 unspecified atom stereocenters. The van der Waals surface area contributed by atoms with Gasteiger partial charge in [-0.25, -0.2) is 18.6 Å². The summed E-state index contributed by atoms with van der Waals surface area (Å²) in [6, 6.07) is 0.544. The molecule has 0 fully saturated rings. The molecule has 0 amide bonds. The largest absolute Gasteiger partial charge is 0.574 e. The van der Waals surface area contributed by atoms with Crippen LogP contribution in [0, 0.1) is 0 Å². The third-order valence-corrected chi connectivity index (χ3v) is 2.24. The second-order valence-electron chi connectivity index (χ2n) is 2.86. The molecule has 0 saturated carbocycles. The zero-order valence-corrected chi connectivity index (χ0v) is 9.72. The molecule has 0 aliphatic rings. The summed E-state index contributed by atoms with van der Waals surface area (Å²) in [6.45, 7) is 0. The van der Waals surface area contributed by atoms with Gasteiger partial charge < -0.3 is 9.84 Å². The van der Waals surface area contributed by atoms with E-state index in [0.29, 0.717) is 6.07 Å². The molecule has 4 nitrogen and oxygen atoms in total. The SMILES string of the molecule is O=C(O)c1c(Br)cc(OC(F)(F)F)nc1C(F)F. The van der Waals surface area contributed by atoms with Crippen LogP contribution in [0.2, 0.25) is 0 Å². The van der Waals surface area contributed by atoms with Crippen molar-refractivity contribution in [3.05, 3.63) is 21.8 Å². The van der Waals surface area contributed by atoms with Gasteiger partial charge in [0, 0.05) is 10.5 Å². The maximum absolute atomic E-state index is 12.5. The van der Waals surface area contributed by atoms with E-state index in [1.807, 2.05) is 0 Å². The number of halogens is 6. The maximum atomic E-state index is 12.5. The van der Waals surface area contributed by atoms with Gasteiger partial charge >= 0.3 is 12.3 Å². The van der Waals surface area contributed by atoms with E-state index in [0.717, 1.165) is 0 Å². The number of alkyl halides is 5. The van der Waals surface area contributed by atoms with Gasteiger partial charge in [0.2, 0.25) is 5.88 Å². The van der Waals surface area contributed by atoms with Crippen LogP contribution in [-0.2, 0) is 0 Å². The number of ether oxygens (including phenoxy) is 1. The second kappa shape index (κ2) is 5.04. The highest BCUT2D eigenvalue weighted by Crippen LogP contribution is 2.32. The highest BCUT2D eigenvalue weighted by atomic mass is 79.9. The third kappa shape index (κ3) is 3.52. The number of carboxylic acids is 1. The molecular weight excluding hydrogens is 333 g/mol. The molecule has 0 saturated heterocycles. The molecule has 10 heteroatoms. The lowest BCUT2D eigenvalue weighted by atomic mass is 10.2. The van der Waals surface area contributed by atoms with Gasteiger partial charge in [0.05, 0.1) is 0 Å². The van der Waals surface area contributed by atoms with Crippen LogP contribution >= 0.6 is 15.9 Å². The van der Waals surface area contributed by atoms with Gasteiger partial charge in [-0.15, -0.1) is 13.2 Å². The van der Waals surface area contributed by atoms with Gasteiger partial charge in [0.1, 0.15) is 11.3 Å². The van der Waals surface area contributed by atoms with E-state index in [1.165, 1.54) is 0 Å². The van der Waals surface area contributed by atoms with E-state index in [-0.39, 0.29) is 0 Å². The molecule has 0 atom stereocenters. The van der Waals surface area contributed by atoms with Crippen LogP contribution in [0.5, 0.6) is 5.88 Å². The zero-order valence-electron chi connectivity index (χ0n) is 8.13. The number of hydrogen-bond donors (Lipinski definition) is 1. The molecule has 0 aliphatic heterocycles. The predicted octanol–water partition coefficient (Wildman–Crippen LogP) is 3.38. The number of rotatable bonds is 3. The summed E-state index contributed by atoms with van der Waals surface area (Å²) in [5.74, 6) is -2.92. The molecule has 0 radical (unpaired) electrons. The molecule has 1 N–H and O–H groups in total. The topological polar surface area (TPSA) is 59.4 Å². The summed E-state index contributed by atoms with van der Waals surface area (Å²) in [4.78, 5) is 13.5. The number of aromatic nitrogens is 1. The Morgan fingerprint density at radius 1 is 1.44 bits per heavy atom. The van der Waals surface area contributed by atoms with Gasteiger partial charge in [-0.05, 0) is 15.9 Å². The van der Waals surface area contributed by atoms with E-state index < -0.39 is 40.4 Å². The van der Waals surface area contributed by atoms with Crippen LogP contribution in [0.4, 0.5) is 22.0 Å². The van der Waals surface area contributed by atoms with Gasteiger partial charge in [-0.3, -0.25) is 0 Å². The molecule has 0 aromatic carbocycles. The van der Waals surface area contributed by atoms with E-state index in [4.69, 9.17) is 5.11 Å². The smallest absolute Gasteiger partial charge is 0.478 e. The first-order valence-corrected chi connectivity index (χ1v) is 4.88. The lowest BCUT2D eigenvalue weighted by Gasteiger charge is -2.12. The summed E-state index contributed by atoms with van der Waals surface area (Å²) >= 11 is 2.57. The van der Waals surface area contributed by atoms with Crippen LogP contribution in [0.25, 0.3) is 0 Å². The quantitative estimate of drug-likeness (QED) is 0.860. The summed E-state index contributed by atoms with van der Waals surface area (Å²) in [5.41, 5.74) is -2.23. The van der Waals surface area contributed by atoms with Crippen molar-refractivity contribution < 1.29 is 36.6 Å². The Labute approximate surface area is 105 Å². The first kappa shape index (κ1) is 14.6. The van der Waals surface area contributed by atoms with Crippen LogP contribution in [0.15, 0.2) is 10.5 Å². The molecule has 0 spiro atoms. The van der Waals surface area contributed by atoms with E-state index in [2.05, 4.69) is 25.7 Å². The number of aromatic carboxylic acids is 1. The minimum atomic E-state index is -5.11. The molecule has 1 rings (SSSR count). The Balaban J connectivity index is 3.32. The molecule has 0 aliphatic carbocycles. The van der Waals surface area contributed by atoms with Crippen LogP contribution in [0.3, 0.4) is 0 Å². The summed E-state index contributed by atoms with van der Waals surface area (Å²) in [6.07, 6.45) is -8.47. The summed E-state index contributed by atoms with van der Waals surface area (Å²) in [7, 11) is 0. The Kier molecular flexibility index (Phi) is 4.09. The Bertz CT molecular complexity index is 477. The van der Waals surface area contributed by atoms with Crippen molar-refractivity contribution in [1.29, 1.82) is 0 Å². The van der Waals surface area contributed by atoms with Crippen LogP contribution in [0.1, 0.15) is 22.5 Å². The van der Waals surface area contributed by atoms with E-state index >= 15 is 0 Å². The molecule has 0 bridgehead atoms. The normalized spacial score (nSPS) is 11.7. The summed E-state index contributed by atoms with van der Waals surface area (Å²) < 4.78 is 63.5. The highest BCUT2D eigenvalue weighted by Gasteiger charge is 2.33. The molecule has 1 heterocycles. The average Bonchev–Trinajstić information content (AvgIpc) is 2.12. The number of hydrogen-bond acceptors (Lipinski definition) is 3. The first-order valence-electron chi connectivity index (χ1n) is 4.09. The fourth-order valence-electron chi connectivity index (χ4n) is 1.05. The van der Waals surface area contributed by atoms with Gasteiger partial charge in [-0.1, -0.05) is 0 Å².